The number of fused-ring (bicyclic) bond motifs is 1. The van der Waals surface area contributed by atoms with Gasteiger partial charge in [-0.3, -0.25) is 4.79 Å². The summed E-state index contributed by atoms with van der Waals surface area (Å²) in [6.45, 7) is 6.24. The van der Waals surface area contributed by atoms with Gasteiger partial charge in [0.15, 0.2) is 0 Å². The molecule has 0 saturated carbocycles. The quantitative estimate of drug-likeness (QED) is 0.266. The van der Waals surface area contributed by atoms with Crippen molar-refractivity contribution in [2.75, 3.05) is 18.1 Å². The number of amides is 1. The first-order chi connectivity index (χ1) is 16.5. The number of ether oxygens (including phenoxy) is 1. The van der Waals surface area contributed by atoms with E-state index in [1.54, 1.807) is 0 Å². The van der Waals surface area contributed by atoms with Crippen molar-refractivity contribution in [1.82, 2.24) is 9.55 Å². The maximum atomic E-state index is 12.9. The number of carbonyl (C=O) groups is 1. The molecule has 2 heterocycles. The Morgan fingerprint density at radius 3 is 2.65 bits per heavy atom. The van der Waals surface area contributed by atoms with Gasteiger partial charge in [0.05, 0.1) is 17.6 Å². The number of aryl methyl sites for hydroxylation is 3. The largest absolute Gasteiger partial charge is 0.493 e. The van der Waals surface area contributed by atoms with Crippen LogP contribution in [0.3, 0.4) is 0 Å². The van der Waals surface area contributed by atoms with Crippen LogP contribution >= 0.6 is 15.9 Å². The molecule has 34 heavy (non-hydrogen) atoms. The lowest BCUT2D eigenvalue weighted by atomic mass is 10.1. The lowest BCUT2D eigenvalue weighted by Crippen LogP contribution is -2.24. The Hall–Kier alpha value is -3.12. The van der Waals surface area contributed by atoms with E-state index in [1.165, 1.54) is 5.56 Å². The molecule has 3 aromatic carbocycles. The van der Waals surface area contributed by atoms with Crippen LogP contribution in [0.2, 0.25) is 0 Å². The van der Waals surface area contributed by atoms with E-state index in [2.05, 4.69) is 52.5 Å². The first kappa shape index (κ1) is 22.7. The molecular weight excluding hydrogens is 490 g/mol. The number of rotatable bonds is 7. The Kier molecular flexibility index (Phi) is 6.42. The molecule has 1 aromatic heterocycles. The van der Waals surface area contributed by atoms with Crippen LogP contribution in [0, 0.1) is 13.8 Å². The summed E-state index contributed by atoms with van der Waals surface area (Å²) in [6.07, 6.45) is 1.33. The minimum absolute atomic E-state index is 0.0591. The summed E-state index contributed by atoms with van der Waals surface area (Å²) in [5, 5.41) is 0. The summed E-state index contributed by atoms with van der Waals surface area (Å²) in [5.74, 6) is 2.13. The predicted molar refractivity (Wildman–Crippen MR) is 140 cm³/mol. The van der Waals surface area contributed by atoms with Gasteiger partial charge in [0, 0.05) is 35.6 Å². The number of benzene rings is 3. The number of aromatic nitrogens is 2. The Bertz CT molecular complexity index is 1330. The lowest BCUT2D eigenvalue weighted by Gasteiger charge is -2.18. The standard InChI is InChI=1S/C28H28BrN3O2/c1-19-8-13-26(20(2)16-19)34-15-5-14-31-25-7-4-3-6-24(25)30-28(31)21-17-27(33)32(18-21)23-11-9-22(29)10-12-23/h3-4,6-13,16,21H,5,14-15,17-18H2,1-2H3. The molecule has 1 atom stereocenters. The van der Waals surface area contributed by atoms with Crippen molar-refractivity contribution >= 4 is 38.6 Å². The van der Waals surface area contributed by atoms with Gasteiger partial charge in [-0.2, -0.15) is 0 Å². The highest BCUT2D eigenvalue weighted by Gasteiger charge is 2.34. The first-order valence-electron chi connectivity index (χ1n) is 11.7. The normalized spacial score (nSPS) is 15.9. The predicted octanol–water partition coefficient (Wildman–Crippen LogP) is 6.41. The summed E-state index contributed by atoms with van der Waals surface area (Å²) in [4.78, 5) is 19.7. The van der Waals surface area contributed by atoms with Gasteiger partial charge >= 0.3 is 0 Å². The van der Waals surface area contributed by atoms with Crippen LogP contribution in [0.25, 0.3) is 11.0 Å². The molecule has 6 heteroatoms. The van der Waals surface area contributed by atoms with E-state index in [0.29, 0.717) is 19.6 Å². The van der Waals surface area contributed by atoms with Gasteiger partial charge in [-0.1, -0.05) is 45.8 Å². The molecule has 0 spiro atoms. The summed E-state index contributed by atoms with van der Waals surface area (Å²) in [6, 6.07) is 22.4. The highest BCUT2D eigenvalue weighted by atomic mass is 79.9. The van der Waals surface area contributed by atoms with Crippen molar-refractivity contribution in [2.45, 2.75) is 39.2 Å². The molecule has 0 bridgehead atoms. The molecule has 1 amide bonds. The Labute approximate surface area is 208 Å². The number of imidazole rings is 1. The Balaban J connectivity index is 1.34. The molecule has 5 rings (SSSR count). The molecule has 0 N–H and O–H groups in total. The second kappa shape index (κ2) is 9.63. The zero-order valence-electron chi connectivity index (χ0n) is 19.5. The van der Waals surface area contributed by atoms with Crippen molar-refractivity contribution < 1.29 is 9.53 Å². The molecule has 1 unspecified atom stereocenters. The fourth-order valence-corrected chi connectivity index (χ4v) is 5.02. The number of halogens is 1. The Morgan fingerprint density at radius 2 is 1.85 bits per heavy atom. The molecule has 5 nitrogen and oxygen atoms in total. The van der Waals surface area contributed by atoms with Gasteiger partial charge in [-0.15, -0.1) is 0 Å². The van der Waals surface area contributed by atoms with E-state index in [-0.39, 0.29) is 11.8 Å². The zero-order chi connectivity index (χ0) is 23.7. The highest BCUT2D eigenvalue weighted by molar-refractivity contribution is 9.10. The Morgan fingerprint density at radius 1 is 1.06 bits per heavy atom. The summed E-state index contributed by atoms with van der Waals surface area (Å²) in [7, 11) is 0. The SMILES string of the molecule is Cc1ccc(OCCCn2c(C3CC(=O)N(c4ccc(Br)cc4)C3)nc3ccccc32)c(C)c1. The van der Waals surface area contributed by atoms with Crippen molar-refractivity contribution in [1.29, 1.82) is 0 Å². The van der Waals surface area contributed by atoms with Crippen LogP contribution in [0.1, 0.15) is 35.7 Å². The third-order valence-electron chi connectivity index (χ3n) is 6.43. The van der Waals surface area contributed by atoms with Crippen LogP contribution in [-0.4, -0.2) is 28.6 Å². The summed E-state index contributed by atoms with van der Waals surface area (Å²) in [5.41, 5.74) is 5.41. The molecule has 4 aromatic rings. The fraction of sp³-hybridized carbons (Fsp3) is 0.286. The molecule has 1 saturated heterocycles. The second-order valence-electron chi connectivity index (χ2n) is 8.96. The molecular formula is C28H28BrN3O2. The molecule has 1 aliphatic rings. The van der Waals surface area contributed by atoms with Crippen molar-refractivity contribution in [3.05, 3.63) is 88.2 Å². The van der Waals surface area contributed by atoms with Crippen molar-refractivity contribution in [2.24, 2.45) is 0 Å². The van der Waals surface area contributed by atoms with E-state index in [0.717, 1.165) is 51.3 Å². The van der Waals surface area contributed by atoms with Gasteiger partial charge in [0.25, 0.3) is 0 Å². The summed E-state index contributed by atoms with van der Waals surface area (Å²) < 4.78 is 9.35. The van der Waals surface area contributed by atoms with Gasteiger partial charge < -0.3 is 14.2 Å². The number of hydrogen-bond donors (Lipinski definition) is 0. The highest BCUT2D eigenvalue weighted by Crippen LogP contribution is 2.33. The van der Waals surface area contributed by atoms with Crippen LogP contribution in [0.15, 0.2) is 71.2 Å². The molecule has 0 aliphatic carbocycles. The smallest absolute Gasteiger partial charge is 0.227 e. The van der Waals surface area contributed by atoms with Crippen LogP contribution < -0.4 is 9.64 Å². The monoisotopic (exact) mass is 517 g/mol. The van der Waals surface area contributed by atoms with Crippen LogP contribution in [0.5, 0.6) is 5.75 Å². The lowest BCUT2D eigenvalue weighted by molar-refractivity contribution is -0.117. The van der Waals surface area contributed by atoms with E-state index < -0.39 is 0 Å². The van der Waals surface area contributed by atoms with E-state index in [9.17, 15) is 4.79 Å². The second-order valence-corrected chi connectivity index (χ2v) is 9.88. The maximum Gasteiger partial charge on any atom is 0.227 e. The number of hydrogen-bond acceptors (Lipinski definition) is 3. The van der Waals surface area contributed by atoms with Crippen molar-refractivity contribution in [3.63, 3.8) is 0 Å². The van der Waals surface area contributed by atoms with Gasteiger partial charge in [0.1, 0.15) is 11.6 Å². The fourth-order valence-electron chi connectivity index (χ4n) is 4.76. The average molecular weight is 518 g/mol. The molecule has 1 aliphatic heterocycles. The topological polar surface area (TPSA) is 47.4 Å². The third-order valence-corrected chi connectivity index (χ3v) is 6.96. The maximum absolute atomic E-state index is 12.9. The van der Waals surface area contributed by atoms with Crippen LogP contribution in [-0.2, 0) is 11.3 Å². The van der Waals surface area contributed by atoms with Gasteiger partial charge in [-0.05, 0) is 68.3 Å². The minimum atomic E-state index is 0.0591. The molecule has 1 fully saturated rings. The number of carbonyl (C=O) groups excluding carboxylic acids is 1. The van der Waals surface area contributed by atoms with Gasteiger partial charge in [0.2, 0.25) is 5.91 Å². The molecule has 0 radical (unpaired) electrons. The van der Waals surface area contributed by atoms with Crippen molar-refractivity contribution in [3.8, 4) is 5.75 Å². The van der Waals surface area contributed by atoms with Crippen LogP contribution in [0.4, 0.5) is 5.69 Å². The molecule has 174 valence electrons. The average Bonchev–Trinajstić information content (AvgIpc) is 3.39. The van der Waals surface area contributed by atoms with Gasteiger partial charge in [-0.25, -0.2) is 4.98 Å². The first-order valence-corrected chi connectivity index (χ1v) is 12.5. The van der Waals surface area contributed by atoms with E-state index in [1.807, 2.05) is 53.4 Å². The number of anilines is 1. The minimum Gasteiger partial charge on any atom is -0.493 e. The van der Waals surface area contributed by atoms with E-state index >= 15 is 0 Å². The van der Waals surface area contributed by atoms with E-state index in [4.69, 9.17) is 9.72 Å². The number of nitrogens with zero attached hydrogens (tertiary/aromatic N) is 3. The summed E-state index contributed by atoms with van der Waals surface area (Å²) >= 11 is 3.47. The zero-order valence-corrected chi connectivity index (χ0v) is 21.1. The number of para-hydroxylation sites is 2. The third kappa shape index (κ3) is 4.60.